The van der Waals surface area contributed by atoms with Crippen LogP contribution in [0.2, 0.25) is 0 Å². The quantitative estimate of drug-likeness (QED) is 0.703. The van der Waals surface area contributed by atoms with Crippen LogP contribution < -0.4 is 5.73 Å². The highest BCUT2D eigenvalue weighted by molar-refractivity contribution is 5.37. The van der Waals surface area contributed by atoms with Crippen molar-refractivity contribution in [2.45, 2.75) is 85.5 Å². The molecule has 1 nitrogen and oxygen atoms in total. The predicted molar refractivity (Wildman–Crippen MR) is 107 cm³/mol. The highest BCUT2D eigenvalue weighted by atomic mass is 14.6. The summed E-state index contributed by atoms with van der Waals surface area (Å²) in [6, 6.07) is 7.05. The Morgan fingerprint density at radius 2 is 1.58 bits per heavy atom. The molecule has 0 heterocycles. The van der Waals surface area contributed by atoms with Crippen molar-refractivity contribution in [1.82, 2.24) is 0 Å². The molecular formula is C23H39N. The van der Waals surface area contributed by atoms with Gasteiger partial charge >= 0.3 is 0 Å². The molecule has 2 rings (SSSR count). The summed E-state index contributed by atoms with van der Waals surface area (Å²) in [6.07, 6.45) is 5.40. The first-order valence-electron chi connectivity index (χ1n) is 9.85. The fraction of sp³-hybridized carbons (Fsp3) is 0.739. The lowest BCUT2D eigenvalue weighted by molar-refractivity contribution is 0.140. The highest BCUT2D eigenvalue weighted by Gasteiger charge is 2.33. The molecule has 1 fully saturated rings. The Bertz CT molecular complexity index is 536. The summed E-state index contributed by atoms with van der Waals surface area (Å²) in [7, 11) is 0. The minimum atomic E-state index is 0.200. The Labute approximate surface area is 150 Å². The topological polar surface area (TPSA) is 26.0 Å². The number of benzene rings is 1. The molecule has 0 amide bonds. The zero-order valence-corrected chi connectivity index (χ0v) is 17.1. The van der Waals surface area contributed by atoms with Crippen LogP contribution >= 0.6 is 0 Å². The summed E-state index contributed by atoms with van der Waals surface area (Å²) in [5.74, 6) is 2.14. The summed E-state index contributed by atoms with van der Waals surface area (Å²) in [5.41, 5.74) is 11.3. The van der Waals surface area contributed by atoms with Crippen molar-refractivity contribution >= 4 is 0 Å². The summed E-state index contributed by atoms with van der Waals surface area (Å²) >= 11 is 0. The van der Waals surface area contributed by atoms with Crippen LogP contribution in [0, 0.1) is 24.2 Å². The van der Waals surface area contributed by atoms with Crippen LogP contribution in [-0.2, 0) is 5.41 Å². The molecule has 1 saturated carbocycles. The third kappa shape index (κ3) is 4.42. The van der Waals surface area contributed by atoms with E-state index in [9.17, 15) is 0 Å². The third-order valence-electron chi connectivity index (χ3n) is 6.36. The molecule has 1 aromatic carbocycles. The van der Waals surface area contributed by atoms with Gasteiger partial charge in [0.1, 0.15) is 0 Å². The van der Waals surface area contributed by atoms with Gasteiger partial charge in [-0.1, -0.05) is 59.7 Å². The molecule has 0 saturated heterocycles. The van der Waals surface area contributed by atoms with Gasteiger partial charge in [-0.15, -0.1) is 0 Å². The van der Waals surface area contributed by atoms with Gasteiger partial charge in [0.05, 0.1) is 0 Å². The van der Waals surface area contributed by atoms with E-state index in [1.165, 1.54) is 42.4 Å². The monoisotopic (exact) mass is 329 g/mol. The van der Waals surface area contributed by atoms with Crippen molar-refractivity contribution in [3.63, 3.8) is 0 Å². The minimum absolute atomic E-state index is 0.200. The Balaban J connectivity index is 2.21. The molecule has 0 spiro atoms. The van der Waals surface area contributed by atoms with Gasteiger partial charge in [0.2, 0.25) is 0 Å². The standard InChI is InChI=1S/C23H39N/c1-16-8-11-19(23(5,6)7)14-20(16)21(15-24)17-9-12-18(13-10-17)22(2,3)4/h8,11,14,17-18,21H,9-10,12-13,15,24H2,1-7H3. The minimum Gasteiger partial charge on any atom is -0.330 e. The van der Waals surface area contributed by atoms with E-state index in [-0.39, 0.29) is 5.41 Å². The van der Waals surface area contributed by atoms with Gasteiger partial charge in [-0.25, -0.2) is 0 Å². The van der Waals surface area contributed by atoms with Crippen molar-refractivity contribution in [2.75, 3.05) is 6.54 Å². The number of aryl methyl sites for hydroxylation is 1. The van der Waals surface area contributed by atoms with Crippen LogP contribution in [0.25, 0.3) is 0 Å². The summed E-state index contributed by atoms with van der Waals surface area (Å²) < 4.78 is 0. The Hall–Kier alpha value is -0.820. The van der Waals surface area contributed by atoms with Crippen LogP contribution in [0.3, 0.4) is 0 Å². The van der Waals surface area contributed by atoms with Crippen LogP contribution in [0.4, 0.5) is 0 Å². The lowest BCUT2D eigenvalue weighted by Gasteiger charge is -2.40. The second-order valence-corrected chi connectivity index (χ2v) is 10.1. The average molecular weight is 330 g/mol. The molecule has 2 N–H and O–H groups in total. The van der Waals surface area contributed by atoms with Crippen LogP contribution in [-0.4, -0.2) is 6.54 Å². The van der Waals surface area contributed by atoms with E-state index in [1.54, 1.807) is 0 Å². The first-order valence-corrected chi connectivity index (χ1v) is 9.85. The molecule has 1 aromatic rings. The van der Waals surface area contributed by atoms with Crippen molar-refractivity contribution < 1.29 is 0 Å². The summed E-state index contributed by atoms with van der Waals surface area (Å²) in [6.45, 7) is 17.1. The van der Waals surface area contributed by atoms with E-state index in [0.29, 0.717) is 11.3 Å². The Kier molecular flexibility index (Phi) is 5.85. The second kappa shape index (κ2) is 7.20. The Morgan fingerprint density at radius 3 is 2.04 bits per heavy atom. The SMILES string of the molecule is Cc1ccc(C(C)(C)C)cc1C(CN)C1CCC(C(C)(C)C)CC1. The van der Waals surface area contributed by atoms with Crippen molar-refractivity contribution in [1.29, 1.82) is 0 Å². The van der Waals surface area contributed by atoms with Gasteiger partial charge in [-0.3, -0.25) is 0 Å². The normalized spacial score (nSPS) is 24.0. The third-order valence-corrected chi connectivity index (χ3v) is 6.36. The molecule has 0 radical (unpaired) electrons. The lowest BCUT2D eigenvalue weighted by atomic mass is 9.66. The largest absolute Gasteiger partial charge is 0.330 e. The lowest BCUT2D eigenvalue weighted by Crippen LogP contribution is -2.31. The molecule has 1 heteroatoms. The van der Waals surface area contributed by atoms with E-state index in [2.05, 4.69) is 66.7 Å². The maximum atomic E-state index is 6.28. The molecule has 24 heavy (non-hydrogen) atoms. The predicted octanol–water partition coefficient (Wildman–Crippen LogP) is 6.19. The molecule has 0 aromatic heterocycles. The number of hydrogen-bond acceptors (Lipinski definition) is 1. The molecule has 136 valence electrons. The van der Waals surface area contributed by atoms with Crippen molar-refractivity contribution in [3.8, 4) is 0 Å². The molecule has 1 atom stereocenters. The molecule has 1 aliphatic carbocycles. The van der Waals surface area contributed by atoms with Gasteiger partial charge in [-0.2, -0.15) is 0 Å². The van der Waals surface area contributed by atoms with E-state index in [4.69, 9.17) is 5.73 Å². The smallest absolute Gasteiger partial charge is 0.000546 e. The van der Waals surface area contributed by atoms with E-state index in [1.807, 2.05) is 0 Å². The van der Waals surface area contributed by atoms with E-state index >= 15 is 0 Å². The van der Waals surface area contributed by atoms with Crippen LogP contribution in [0.1, 0.15) is 89.8 Å². The molecule has 1 aliphatic rings. The number of nitrogens with two attached hydrogens (primary N) is 1. The van der Waals surface area contributed by atoms with Crippen molar-refractivity contribution in [3.05, 3.63) is 34.9 Å². The average Bonchev–Trinajstić information content (AvgIpc) is 2.48. The molecule has 0 bridgehead atoms. The Morgan fingerprint density at radius 1 is 1.00 bits per heavy atom. The first-order chi connectivity index (χ1) is 11.0. The summed E-state index contributed by atoms with van der Waals surface area (Å²) in [5, 5.41) is 0. The van der Waals surface area contributed by atoms with Gasteiger partial charge in [-0.05, 0) is 84.4 Å². The number of rotatable bonds is 3. The van der Waals surface area contributed by atoms with E-state index in [0.717, 1.165) is 18.4 Å². The summed E-state index contributed by atoms with van der Waals surface area (Å²) in [4.78, 5) is 0. The fourth-order valence-electron chi connectivity index (χ4n) is 4.47. The molecule has 0 aliphatic heterocycles. The number of hydrogen-bond donors (Lipinski definition) is 1. The van der Waals surface area contributed by atoms with Gasteiger partial charge in [0.25, 0.3) is 0 Å². The van der Waals surface area contributed by atoms with Crippen LogP contribution in [0.15, 0.2) is 18.2 Å². The fourth-order valence-corrected chi connectivity index (χ4v) is 4.47. The van der Waals surface area contributed by atoms with Gasteiger partial charge < -0.3 is 5.73 Å². The van der Waals surface area contributed by atoms with Crippen LogP contribution in [0.5, 0.6) is 0 Å². The first kappa shape index (κ1) is 19.5. The maximum Gasteiger partial charge on any atom is -0.000546 e. The van der Waals surface area contributed by atoms with Gasteiger partial charge in [0, 0.05) is 0 Å². The maximum absolute atomic E-state index is 6.28. The zero-order chi connectivity index (χ0) is 18.1. The molecule has 1 unspecified atom stereocenters. The zero-order valence-electron chi connectivity index (χ0n) is 17.1. The van der Waals surface area contributed by atoms with Crippen molar-refractivity contribution in [2.24, 2.45) is 23.0 Å². The highest BCUT2D eigenvalue weighted by Crippen LogP contribution is 2.44. The van der Waals surface area contributed by atoms with E-state index < -0.39 is 0 Å². The second-order valence-electron chi connectivity index (χ2n) is 10.1. The van der Waals surface area contributed by atoms with Gasteiger partial charge in [0.15, 0.2) is 0 Å². The molecular weight excluding hydrogens is 290 g/mol.